The van der Waals surface area contributed by atoms with Crippen molar-refractivity contribution in [1.82, 2.24) is 14.7 Å². The van der Waals surface area contributed by atoms with Crippen LogP contribution in [0.2, 0.25) is 5.02 Å². The number of rotatable bonds is 2. The molecule has 0 N–H and O–H groups in total. The molecule has 3 heterocycles. The second kappa shape index (κ2) is 6.60. The maximum absolute atomic E-state index is 13.0. The summed E-state index contributed by atoms with van der Waals surface area (Å²) in [7, 11) is 3.18. The molecule has 2 atom stereocenters. The number of urea groups is 1. The topological polar surface area (TPSA) is 59.5 Å². The van der Waals surface area contributed by atoms with Crippen LogP contribution < -0.4 is 4.90 Å². The number of aryl methyl sites for hydroxylation is 1. The summed E-state index contributed by atoms with van der Waals surface area (Å²) >= 11 is 6.09. The van der Waals surface area contributed by atoms with E-state index >= 15 is 0 Å². The van der Waals surface area contributed by atoms with E-state index in [4.69, 9.17) is 16.6 Å². The van der Waals surface area contributed by atoms with Crippen molar-refractivity contribution in [3.63, 3.8) is 0 Å². The Morgan fingerprint density at radius 3 is 2.30 bits per heavy atom. The van der Waals surface area contributed by atoms with Crippen molar-refractivity contribution in [1.29, 1.82) is 0 Å². The maximum Gasteiger partial charge on any atom is 0.328 e. The standard InChI is InChI=1S/C22H20ClN5O2/c1-13-4-10-16(11-5-13)28-17(14-6-8-15(23)9-7-14)12-27-18-19(24-21(27)28)25(2)22(30)26(3)20(18)29/h4-12,18-19H,1-3H3. The van der Waals surface area contributed by atoms with Crippen molar-refractivity contribution in [2.24, 2.45) is 4.99 Å². The van der Waals surface area contributed by atoms with Gasteiger partial charge in [-0.1, -0.05) is 41.4 Å². The molecule has 0 spiro atoms. The minimum atomic E-state index is -0.592. The van der Waals surface area contributed by atoms with E-state index in [1.54, 1.807) is 7.05 Å². The molecule has 2 unspecified atom stereocenters. The monoisotopic (exact) mass is 421 g/mol. The summed E-state index contributed by atoms with van der Waals surface area (Å²) in [4.78, 5) is 36.8. The van der Waals surface area contributed by atoms with Gasteiger partial charge in [-0.3, -0.25) is 19.5 Å². The van der Waals surface area contributed by atoms with E-state index in [1.807, 2.05) is 71.5 Å². The summed E-state index contributed by atoms with van der Waals surface area (Å²) < 4.78 is 0. The van der Waals surface area contributed by atoms with E-state index in [9.17, 15) is 9.59 Å². The van der Waals surface area contributed by atoms with Crippen molar-refractivity contribution in [2.75, 3.05) is 19.0 Å². The largest absolute Gasteiger partial charge is 0.328 e. The van der Waals surface area contributed by atoms with Gasteiger partial charge in [-0.25, -0.2) is 9.79 Å². The number of amides is 3. The van der Waals surface area contributed by atoms with Crippen LogP contribution in [0.4, 0.5) is 10.5 Å². The summed E-state index contributed by atoms with van der Waals surface area (Å²) in [6.45, 7) is 2.03. The number of nitrogens with zero attached hydrogens (tertiary/aromatic N) is 5. The lowest BCUT2D eigenvalue weighted by molar-refractivity contribution is -0.135. The van der Waals surface area contributed by atoms with Gasteiger partial charge in [0.05, 0.1) is 5.70 Å². The van der Waals surface area contributed by atoms with Crippen LogP contribution in [-0.2, 0) is 4.79 Å². The molecular formula is C22H20ClN5O2. The Labute approximate surface area is 179 Å². The SMILES string of the molecule is Cc1ccc(N2C(c3ccc(Cl)cc3)=CN3C2=NC2C3C(=O)N(C)C(=O)N2C)cc1. The molecule has 30 heavy (non-hydrogen) atoms. The number of imide groups is 1. The second-order valence-electron chi connectivity index (χ2n) is 7.68. The molecule has 0 aromatic heterocycles. The van der Waals surface area contributed by atoms with E-state index in [2.05, 4.69) is 0 Å². The highest BCUT2D eigenvalue weighted by Crippen LogP contribution is 2.40. The molecule has 1 fully saturated rings. The van der Waals surface area contributed by atoms with Gasteiger partial charge in [-0.05, 0) is 31.2 Å². The molecule has 8 heteroatoms. The minimum Gasteiger partial charge on any atom is -0.302 e. The van der Waals surface area contributed by atoms with E-state index in [1.165, 1.54) is 11.9 Å². The average Bonchev–Trinajstić information content (AvgIpc) is 3.28. The molecule has 7 nitrogen and oxygen atoms in total. The number of carbonyl (C=O) groups is 2. The highest BCUT2D eigenvalue weighted by Gasteiger charge is 2.54. The Morgan fingerprint density at radius 2 is 1.63 bits per heavy atom. The fraction of sp³-hybridized carbons (Fsp3) is 0.227. The number of guanidine groups is 1. The first kappa shape index (κ1) is 18.7. The number of hydrogen-bond acceptors (Lipinski definition) is 5. The summed E-state index contributed by atoms with van der Waals surface area (Å²) in [5, 5.41) is 0.654. The Kier molecular flexibility index (Phi) is 4.11. The number of halogens is 1. The molecule has 0 radical (unpaired) electrons. The smallest absolute Gasteiger partial charge is 0.302 e. The maximum atomic E-state index is 13.0. The van der Waals surface area contributed by atoms with E-state index < -0.39 is 12.2 Å². The van der Waals surface area contributed by atoms with Crippen LogP contribution >= 0.6 is 11.6 Å². The van der Waals surface area contributed by atoms with Crippen LogP contribution in [0.1, 0.15) is 11.1 Å². The molecular weight excluding hydrogens is 402 g/mol. The van der Waals surface area contributed by atoms with Gasteiger partial charge in [0.25, 0.3) is 5.91 Å². The molecule has 0 bridgehead atoms. The van der Waals surface area contributed by atoms with Gasteiger partial charge < -0.3 is 4.90 Å². The number of aliphatic imine (C=N–C) groups is 1. The third-order valence-corrected chi connectivity index (χ3v) is 6.02. The fourth-order valence-corrected chi connectivity index (χ4v) is 4.22. The molecule has 3 amide bonds. The van der Waals surface area contributed by atoms with Crippen molar-refractivity contribution < 1.29 is 9.59 Å². The number of fused-ring (bicyclic) bond motifs is 3. The molecule has 3 aliphatic heterocycles. The Bertz CT molecular complexity index is 1110. The molecule has 2 aromatic carbocycles. The fourth-order valence-electron chi connectivity index (χ4n) is 4.09. The zero-order valence-electron chi connectivity index (χ0n) is 16.8. The van der Waals surface area contributed by atoms with Crippen LogP contribution in [0.25, 0.3) is 5.70 Å². The van der Waals surface area contributed by atoms with Gasteiger partial charge in [0.2, 0.25) is 5.96 Å². The van der Waals surface area contributed by atoms with E-state index in [0.717, 1.165) is 27.4 Å². The Hall–Kier alpha value is -3.32. The number of hydrogen-bond donors (Lipinski definition) is 0. The summed E-state index contributed by atoms with van der Waals surface area (Å²) in [6.07, 6.45) is 1.37. The molecule has 0 saturated carbocycles. The quantitative estimate of drug-likeness (QED) is 0.746. The van der Waals surface area contributed by atoms with E-state index in [0.29, 0.717) is 11.0 Å². The highest BCUT2D eigenvalue weighted by molar-refractivity contribution is 6.30. The summed E-state index contributed by atoms with van der Waals surface area (Å²) in [6, 6.07) is 14.7. The molecule has 2 aromatic rings. The molecule has 3 aliphatic rings. The first-order valence-corrected chi connectivity index (χ1v) is 9.99. The Balaban J connectivity index is 1.64. The zero-order valence-corrected chi connectivity index (χ0v) is 17.5. The predicted molar refractivity (Wildman–Crippen MR) is 116 cm³/mol. The van der Waals surface area contributed by atoms with Gasteiger partial charge in [-0.2, -0.15) is 0 Å². The molecule has 1 saturated heterocycles. The number of benzene rings is 2. The lowest BCUT2D eigenvalue weighted by Gasteiger charge is -2.38. The van der Waals surface area contributed by atoms with Crippen molar-refractivity contribution >= 4 is 40.9 Å². The average molecular weight is 422 g/mol. The van der Waals surface area contributed by atoms with Gasteiger partial charge in [0.15, 0.2) is 12.2 Å². The van der Waals surface area contributed by atoms with Crippen LogP contribution in [0.3, 0.4) is 0 Å². The molecule has 152 valence electrons. The van der Waals surface area contributed by atoms with Gasteiger partial charge in [0, 0.05) is 36.6 Å². The van der Waals surface area contributed by atoms with Crippen molar-refractivity contribution in [2.45, 2.75) is 19.1 Å². The third-order valence-electron chi connectivity index (χ3n) is 5.76. The predicted octanol–water partition coefficient (Wildman–Crippen LogP) is 3.36. The number of likely N-dealkylation sites (N-methyl/N-ethyl adjacent to an activating group) is 2. The van der Waals surface area contributed by atoms with Gasteiger partial charge in [-0.15, -0.1) is 0 Å². The Morgan fingerprint density at radius 1 is 0.967 bits per heavy atom. The summed E-state index contributed by atoms with van der Waals surface area (Å²) in [5.41, 5.74) is 3.92. The van der Waals surface area contributed by atoms with Crippen LogP contribution in [0.15, 0.2) is 59.7 Å². The zero-order chi connectivity index (χ0) is 21.2. The van der Waals surface area contributed by atoms with E-state index in [-0.39, 0.29) is 11.9 Å². The van der Waals surface area contributed by atoms with Crippen LogP contribution in [0.5, 0.6) is 0 Å². The minimum absolute atomic E-state index is 0.265. The lowest BCUT2D eigenvalue weighted by atomic mass is 10.1. The van der Waals surface area contributed by atoms with Crippen molar-refractivity contribution in [3.05, 3.63) is 70.9 Å². The highest BCUT2D eigenvalue weighted by atomic mass is 35.5. The third kappa shape index (κ3) is 2.62. The number of carbonyl (C=O) groups excluding carboxylic acids is 2. The normalized spacial score (nSPS) is 22.9. The first-order chi connectivity index (χ1) is 14.4. The van der Waals surface area contributed by atoms with Crippen LogP contribution in [-0.4, -0.2) is 58.9 Å². The molecule has 0 aliphatic carbocycles. The molecule has 5 rings (SSSR count). The van der Waals surface area contributed by atoms with Gasteiger partial charge in [0.1, 0.15) is 0 Å². The van der Waals surface area contributed by atoms with Gasteiger partial charge >= 0.3 is 6.03 Å². The summed E-state index contributed by atoms with van der Waals surface area (Å²) in [5.74, 6) is 0.362. The van der Waals surface area contributed by atoms with Crippen molar-refractivity contribution in [3.8, 4) is 0 Å². The lowest BCUT2D eigenvalue weighted by Crippen LogP contribution is -2.63. The second-order valence-corrected chi connectivity index (χ2v) is 8.11. The first-order valence-electron chi connectivity index (χ1n) is 9.62. The number of anilines is 1. The van der Waals surface area contributed by atoms with Crippen LogP contribution in [0, 0.1) is 6.92 Å².